The number of piperazine rings is 1. The minimum atomic E-state index is -0.601. The number of fused-ring (bicyclic) bond motifs is 1. The number of benzene rings is 3. The molecule has 4 aromatic rings. The van der Waals surface area contributed by atoms with E-state index < -0.39 is 6.04 Å². The number of amides is 3. The lowest BCUT2D eigenvalue weighted by Gasteiger charge is -2.32. The van der Waals surface area contributed by atoms with Gasteiger partial charge in [0.1, 0.15) is 6.04 Å². The second-order valence-corrected chi connectivity index (χ2v) is 11.2. The number of nitrogens with zero attached hydrogens (tertiary/aromatic N) is 4. The van der Waals surface area contributed by atoms with E-state index >= 15 is 0 Å². The fourth-order valence-electron chi connectivity index (χ4n) is 5.46. The van der Waals surface area contributed by atoms with Crippen molar-refractivity contribution in [3.05, 3.63) is 117 Å². The quantitative estimate of drug-likeness (QED) is 0.342. The van der Waals surface area contributed by atoms with E-state index in [4.69, 9.17) is 4.99 Å². The Morgan fingerprint density at radius 3 is 2.29 bits per heavy atom. The first-order valence-electron chi connectivity index (χ1n) is 13.8. The number of carbonyl (C=O) groups excluding carboxylic acids is 3. The molecule has 0 radical (unpaired) electrons. The van der Waals surface area contributed by atoms with E-state index in [0.717, 1.165) is 29.9 Å². The number of thiazole rings is 1. The topological polar surface area (TPSA) is 87.0 Å². The molecule has 1 fully saturated rings. The molecule has 2 aliphatic rings. The van der Waals surface area contributed by atoms with Crippen LogP contribution in [0.3, 0.4) is 0 Å². The van der Waals surface area contributed by atoms with Crippen LogP contribution in [0.2, 0.25) is 0 Å². The van der Waals surface area contributed by atoms with Crippen LogP contribution in [0.5, 0.6) is 0 Å². The predicted molar refractivity (Wildman–Crippen MR) is 158 cm³/mol. The highest BCUT2D eigenvalue weighted by atomic mass is 32.1. The normalized spacial score (nSPS) is 16.3. The van der Waals surface area contributed by atoms with E-state index in [1.807, 2.05) is 76.4 Å². The first-order chi connectivity index (χ1) is 20.0. The summed E-state index contributed by atoms with van der Waals surface area (Å²) >= 11 is 1.41. The Bertz CT molecular complexity index is 1630. The molecule has 0 saturated carbocycles. The molecule has 8 nitrogen and oxygen atoms in total. The molecule has 41 heavy (non-hydrogen) atoms. The van der Waals surface area contributed by atoms with Gasteiger partial charge in [-0.1, -0.05) is 54.6 Å². The first-order valence-corrected chi connectivity index (χ1v) is 14.7. The Kier molecular flexibility index (Phi) is 7.63. The van der Waals surface area contributed by atoms with Crippen molar-refractivity contribution in [3.63, 3.8) is 0 Å². The summed E-state index contributed by atoms with van der Waals surface area (Å²) in [5.74, 6) is -0.648. The highest BCUT2D eigenvalue weighted by Crippen LogP contribution is 2.27. The fraction of sp³-hybridized carbons (Fsp3) is 0.250. The van der Waals surface area contributed by atoms with Gasteiger partial charge in [-0.25, -0.2) is 4.99 Å². The molecular weight excluding hydrogens is 534 g/mol. The Labute approximate surface area is 242 Å². The third-order valence-electron chi connectivity index (χ3n) is 7.54. The predicted octanol–water partition coefficient (Wildman–Crippen LogP) is 4.10. The lowest BCUT2D eigenvalue weighted by atomic mass is 10.0. The van der Waals surface area contributed by atoms with Gasteiger partial charge in [0, 0.05) is 38.0 Å². The molecule has 0 bridgehead atoms. The van der Waals surface area contributed by atoms with Gasteiger partial charge in [0.25, 0.3) is 11.8 Å². The van der Waals surface area contributed by atoms with Gasteiger partial charge in [-0.05, 0) is 42.3 Å². The van der Waals surface area contributed by atoms with Gasteiger partial charge in [0.2, 0.25) is 5.91 Å². The van der Waals surface area contributed by atoms with Gasteiger partial charge in [0.15, 0.2) is 4.80 Å². The zero-order valence-electron chi connectivity index (χ0n) is 22.8. The maximum absolute atomic E-state index is 14.2. The Morgan fingerprint density at radius 1 is 0.927 bits per heavy atom. The number of carbonyl (C=O) groups is 3. The number of rotatable bonds is 7. The number of aryl methyl sites for hydroxylation is 1. The average Bonchev–Trinajstić information content (AvgIpc) is 3.50. The maximum Gasteiger partial charge on any atom is 0.261 e. The summed E-state index contributed by atoms with van der Waals surface area (Å²) in [6, 6.07) is 24.1. The molecule has 3 aromatic carbocycles. The number of hydrogen-bond acceptors (Lipinski definition) is 6. The van der Waals surface area contributed by atoms with E-state index in [0.29, 0.717) is 41.1 Å². The van der Waals surface area contributed by atoms with Gasteiger partial charge in [-0.2, -0.15) is 0 Å². The van der Waals surface area contributed by atoms with Crippen LogP contribution in [0.1, 0.15) is 43.6 Å². The summed E-state index contributed by atoms with van der Waals surface area (Å²) in [5.41, 5.74) is 4.39. The van der Waals surface area contributed by atoms with E-state index in [-0.39, 0.29) is 24.3 Å². The monoisotopic (exact) mass is 565 g/mol. The molecule has 3 amide bonds. The van der Waals surface area contributed by atoms with Gasteiger partial charge in [-0.15, -0.1) is 11.3 Å². The number of imide groups is 1. The van der Waals surface area contributed by atoms with Crippen molar-refractivity contribution in [2.45, 2.75) is 25.9 Å². The lowest BCUT2D eigenvalue weighted by Crippen LogP contribution is -2.50. The SMILES string of the molecule is Cc1cccc(N=c2scc(CN3C(=O)c4ccccc4C3=O)n2[C@H](Cc2ccccc2)C(=O)N2CCNCC2)c1. The van der Waals surface area contributed by atoms with Crippen LogP contribution in [0.15, 0.2) is 89.2 Å². The van der Waals surface area contributed by atoms with E-state index in [1.54, 1.807) is 24.3 Å². The Balaban J connectivity index is 1.47. The highest BCUT2D eigenvalue weighted by Gasteiger charge is 2.37. The molecule has 0 aliphatic carbocycles. The zero-order chi connectivity index (χ0) is 28.3. The Hall–Kier alpha value is -4.34. The standard InChI is InChI=1S/C32H31N5O3S/c1-22-8-7-11-24(18-22)34-32-37(25(21-41-32)20-36-29(38)26-12-5-6-13-27(26)30(36)39)28(19-23-9-3-2-4-10-23)31(40)35-16-14-33-15-17-35/h2-13,18,21,28,33H,14-17,19-20H2,1H3/t28-/m1/s1. The summed E-state index contributed by atoms with van der Waals surface area (Å²) < 4.78 is 1.95. The van der Waals surface area contributed by atoms with Crippen LogP contribution < -0.4 is 10.1 Å². The molecule has 1 atom stereocenters. The molecule has 6 rings (SSSR count). The van der Waals surface area contributed by atoms with Gasteiger partial charge in [-0.3, -0.25) is 19.3 Å². The molecule has 3 heterocycles. The maximum atomic E-state index is 14.2. The van der Waals surface area contributed by atoms with Crippen LogP contribution in [-0.2, 0) is 17.8 Å². The molecule has 208 valence electrons. The fourth-order valence-corrected chi connectivity index (χ4v) is 6.41. The highest BCUT2D eigenvalue weighted by molar-refractivity contribution is 7.07. The Morgan fingerprint density at radius 2 is 1.61 bits per heavy atom. The zero-order valence-corrected chi connectivity index (χ0v) is 23.6. The molecular formula is C32H31N5O3S. The second kappa shape index (κ2) is 11.6. The third-order valence-corrected chi connectivity index (χ3v) is 8.43. The minimum Gasteiger partial charge on any atom is -0.338 e. The van der Waals surface area contributed by atoms with Gasteiger partial charge < -0.3 is 14.8 Å². The summed E-state index contributed by atoms with van der Waals surface area (Å²) in [4.78, 5) is 49.6. The molecule has 1 saturated heterocycles. The number of aromatic nitrogens is 1. The lowest BCUT2D eigenvalue weighted by molar-refractivity contribution is -0.135. The van der Waals surface area contributed by atoms with Crippen LogP contribution in [0.4, 0.5) is 5.69 Å². The first kappa shape index (κ1) is 26.9. The van der Waals surface area contributed by atoms with Crippen molar-refractivity contribution in [1.82, 2.24) is 19.7 Å². The van der Waals surface area contributed by atoms with Crippen LogP contribution >= 0.6 is 11.3 Å². The molecule has 2 aliphatic heterocycles. The van der Waals surface area contributed by atoms with E-state index in [2.05, 4.69) is 5.32 Å². The summed E-state index contributed by atoms with van der Waals surface area (Å²) in [5, 5.41) is 5.24. The summed E-state index contributed by atoms with van der Waals surface area (Å²) in [6.45, 7) is 4.77. The molecule has 1 aromatic heterocycles. The number of hydrogen-bond donors (Lipinski definition) is 1. The minimum absolute atomic E-state index is 0.00283. The van der Waals surface area contributed by atoms with Crippen molar-refractivity contribution in [1.29, 1.82) is 0 Å². The van der Waals surface area contributed by atoms with Crippen molar-refractivity contribution >= 4 is 34.7 Å². The van der Waals surface area contributed by atoms with Gasteiger partial charge in [0.05, 0.1) is 29.1 Å². The van der Waals surface area contributed by atoms with Crippen LogP contribution in [0, 0.1) is 6.92 Å². The summed E-state index contributed by atoms with van der Waals surface area (Å²) in [7, 11) is 0. The van der Waals surface area contributed by atoms with Crippen molar-refractivity contribution in [2.75, 3.05) is 26.2 Å². The molecule has 0 unspecified atom stereocenters. The number of nitrogens with one attached hydrogen (secondary N) is 1. The smallest absolute Gasteiger partial charge is 0.261 e. The van der Waals surface area contributed by atoms with Crippen molar-refractivity contribution in [2.24, 2.45) is 4.99 Å². The molecule has 0 spiro atoms. The van der Waals surface area contributed by atoms with Gasteiger partial charge >= 0.3 is 0 Å². The summed E-state index contributed by atoms with van der Waals surface area (Å²) in [6.07, 6.45) is 0.455. The van der Waals surface area contributed by atoms with Crippen LogP contribution in [-0.4, -0.2) is 58.3 Å². The van der Waals surface area contributed by atoms with Crippen molar-refractivity contribution < 1.29 is 14.4 Å². The van der Waals surface area contributed by atoms with Crippen molar-refractivity contribution in [3.8, 4) is 0 Å². The average molecular weight is 566 g/mol. The third kappa shape index (κ3) is 5.51. The molecule has 9 heteroatoms. The largest absolute Gasteiger partial charge is 0.338 e. The molecule has 1 N–H and O–H groups in total. The van der Waals surface area contributed by atoms with E-state index in [1.165, 1.54) is 16.2 Å². The van der Waals surface area contributed by atoms with E-state index in [9.17, 15) is 14.4 Å². The van der Waals surface area contributed by atoms with Crippen LogP contribution in [0.25, 0.3) is 0 Å². The second-order valence-electron chi connectivity index (χ2n) is 10.4.